The van der Waals surface area contributed by atoms with Gasteiger partial charge in [-0.15, -0.1) is 0 Å². The number of halogens is 1. The van der Waals surface area contributed by atoms with E-state index in [1.807, 2.05) is 36.4 Å². The molecule has 25 heavy (non-hydrogen) atoms. The Morgan fingerprint density at radius 3 is 2.48 bits per heavy atom. The zero-order valence-electron chi connectivity index (χ0n) is 14.1. The highest BCUT2D eigenvalue weighted by Gasteiger charge is 2.25. The van der Waals surface area contributed by atoms with Crippen LogP contribution in [0.2, 0.25) is 5.02 Å². The van der Waals surface area contributed by atoms with Gasteiger partial charge in [-0.1, -0.05) is 11.6 Å². The predicted octanol–water partition coefficient (Wildman–Crippen LogP) is 3.47. The van der Waals surface area contributed by atoms with Crippen LogP contribution in [0.1, 0.15) is 25.5 Å². The van der Waals surface area contributed by atoms with Crippen LogP contribution in [0.4, 0.5) is 0 Å². The van der Waals surface area contributed by atoms with E-state index < -0.39 is 0 Å². The summed E-state index contributed by atoms with van der Waals surface area (Å²) in [4.78, 5) is 25.4. The number of carbonyl (C=O) groups is 2. The molecule has 0 saturated carbocycles. The highest BCUT2D eigenvalue weighted by Crippen LogP contribution is 2.24. The molecule has 1 aliphatic rings. The first-order valence-electron chi connectivity index (χ1n) is 8.41. The average Bonchev–Trinajstić information content (AvgIpc) is 3.09. The first kappa shape index (κ1) is 17.5. The number of hydrogen-bond donors (Lipinski definition) is 1. The molecule has 5 nitrogen and oxygen atoms in total. The van der Waals surface area contributed by atoms with E-state index in [4.69, 9.17) is 16.0 Å². The van der Waals surface area contributed by atoms with Gasteiger partial charge in [0.15, 0.2) is 0 Å². The summed E-state index contributed by atoms with van der Waals surface area (Å²) >= 11 is 5.89. The molecule has 0 unspecified atom stereocenters. The fourth-order valence-corrected chi connectivity index (χ4v) is 3.14. The number of amides is 2. The number of furan rings is 1. The van der Waals surface area contributed by atoms with Crippen molar-refractivity contribution in [3.8, 4) is 11.3 Å². The molecule has 1 saturated heterocycles. The molecule has 3 rings (SSSR count). The topological polar surface area (TPSA) is 62.6 Å². The molecular weight excluding hydrogens is 340 g/mol. The standard InChI is InChI=1S/C19H21ClN2O3/c1-13(23)22-10-8-15(9-11-22)19(24)21-12-17-6-7-18(25-17)14-2-4-16(20)5-3-14/h2-7,15H,8-12H2,1H3,(H,21,24). The summed E-state index contributed by atoms with van der Waals surface area (Å²) in [6, 6.07) is 11.2. The van der Waals surface area contributed by atoms with Crippen LogP contribution >= 0.6 is 11.6 Å². The minimum absolute atomic E-state index is 0.0210. The molecule has 0 radical (unpaired) electrons. The van der Waals surface area contributed by atoms with Crippen molar-refractivity contribution in [1.29, 1.82) is 0 Å². The van der Waals surface area contributed by atoms with E-state index in [1.165, 1.54) is 0 Å². The van der Waals surface area contributed by atoms with Gasteiger partial charge in [-0.2, -0.15) is 0 Å². The Hall–Kier alpha value is -2.27. The second kappa shape index (κ2) is 7.74. The first-order chi connectivity index (χ1) is 12.0. The van der Waals surface area contributed by atoms with Gasteiger partial charge in [0.05, 0.1) is 6.54 Å². The third kappa shape index (κ3) is 4.42. The van der Waals surface area contributed by atoms with Crippen molar-refractivity contribution in [2.45, 2.75) is 26.3 Å². The maximum Gasteiger partial charge on any atom is 0.223 e. The molecule has 2 heterocycles. The number of nitrogens with zero attached hydrogens (tertiary/aromatic N) is 1. The van der Waals surface area contributed by atoms with Crippen LogP contribution in [-0.2, 0) is 16.1 Å². The Balaban J connectivity index is 1.51. The lowest BCUT2D eigenvalue weighted by molar-refractivity contribution is -0.134. The number of benzene rings is 1. The number of nitrogens with one attached hydrogen (secondary N) is 1. The Morgan fingerprint density at radius 1 is 1.16 bits per heavy atom. The monoisotopic (exact) mass is 360 g/mol. The van der Waals surface area contributed by atoms with E-state index in [0.29, 0.717) is 43.3 Å². The van der Waals surface area contributed by atoms with E-state index in [1.54, 1.807) is 11.8 Å². The Bertz CT molecular complexity index is 746. The van der Waals surface area contributed by atoms with Gasteiger partial charge in [0.25, 0.3) is 0 Å². The number of rotatable bonds is 4. The van der Waals surface area contributed by atoms with Gasteiger partial charge >= 0.3 is 0 Å². The highest BCUT2D eigenvalue weighted by molar-refractivity contribution is 6.30. The summed E-state index contributed by atoms with van der Waals surface area (Å²) in [6.07, 6.45) is 1.42. The van der Waals surface area contributed by atoms with Crippen molar-refractivity contribution in [1.82, 2.24) is 10.2 Å². The molecule has 1 aromatic carbocycles. The van der Waals surface area contributed by atoms with Crippen LogP contribution in [0, 0.1) is 5.92 Å². The van der Waals surface area contributed by atoms with Crippen molar-refractivity contribution in [2.75, 3.05) is 13.1 Å². The maximum atomic E-state index is 12.3. The second-order valence-electron chi connectivity index (χ2n) is 6.27. The summed E-state index contributed by atoms with van der Waals surface area (Å²) < 4.78 is 5.79. The molecule has 0 bridgehead atoms. The van der Waals surface area contributed by atoms with Gasteiger partial charge in [0, 0.05) is 36.5 Å². The fraction of sp³-hybridized carbons (Fsp3) is 0.368. The van der Waals surface area contributed by atoms with Crippen LogP contribution in [0.15, 0.2) is 40.8 Å². The van der Waals surface area contributed by atoms with Crippen molar-refractivity contribution < 1.29 is 14.0 Å². The molecular formula is C19H21ClN2O3. The number of piperidine rings is 1. The molecule has 1 aliphatic heterocycles. The van der Waals surface area contributed by atoms with Crippen LogP contribution in [0.25, 0.3) is 11.3 Å². The summed E-state index contributed by atoms with van der Waals surface area (Å²) in [6.45, 7) is 3.22. The minimum atomic E-state index is -0.0405. The Labute approximate surface area is 151 Å². The Kier molecular flexibility index (Phi) is 5.43. The Morgan fingerprint density at radius 2 is 1.84 bits per heavy atom. The summed E-state index contributed by atoms with van der Waals surface area (Å²) in [5, 5.41) is 3.61. The van der Waals surface area contributed by atoms with E-state index in [-0.39, 0.29) is 17.7 Å². The lowest BCUT2D eigenvalue weighted by atomic mass is 9.96. The molecule has 0 aliphatic carbocycles. The van der Waals surface area contributed by atoms with Crippen molar-refractivity contribution in [2.24, 2.45) is 5.92 Å². The zero-order chi connectivity index (χ0) is 17.8. The summed E-state index contributed by atoms with van der Waals surface area (Å²) in [5.74, 6) is 1.51. The van der Waals surface area contributed by atoms with Gasteiger partial charge in [0.1, 0.15) is 11.5 Å². The van der Waals surface area contributed by atoms with E-state index in [2.05, 4.69) is 5.32 Å². The smallest absolute Gasteiger partial charge is 0.223 e. The number of carbonyl (C=O) groups excluding carboxylic acids is 2. The maximum absolute atomic E-state index is 12.3. The van der Waals surface area contributed by atoms with E-state index in [9.17, 15) is 9.59 Å². The highest BCUT2D eigenvalue weighted by atomic mass is 35.5. The number of hydrogen-bond acceptors (Lipinski definition) is 3. The quantitative estimate of drug-likeness (QED) is 0.908. The molecule has 1 aromatic heterocycles. The second-order valence-corrected chi connectivity index (χ2v) is 6.71. The SMILES string of the molecule is CC(=O)N1CCC(C(=O)NCc2ccc(-c3ccc(Cl)cc3)o2)CC1. The van der Waals surface area contributed by atoms with Crippen molar-refractivity contribution in [3.05, 3.63) is 47.2 Å². The van der Waals surface area contributed by atoms with Crippen LogP contribution in [-0.4, -0.2) is 29.8 Å². The van der Waals surface area contributed by atoms with Crippen LogP contribution < -0.4 is 5.32 Å². The predicted molar refractivity (Wildman–Crippen MR) is 96.0 cm³/mol. The first-order valence-corrected chi connectivity index (χ1v) is 8.78. The molecule has 0 atom stereocenters. The average molecular weight is 361 g/mol. The van der Waals surface area contributed by atoms with Gasteiger partial charge in [0.2, 0.25) is 11.8 Å². The summed E-state index contributed by atoms with van der Waals surface area (Å²) in [7, 11) is 0. The largest absolute Gasteiger partial charge is 0.459 e. The van der Waals surface area contributed by atoms with Crippen LogP contribution in [0.3, 0.4) is 0 Å². The molecule has 2 aromatic rings. The number of likely N-dealkylation sites (tertiary alicyclic amines) is 1. The van der Waals surface area contributed by atoms with Crippen LogP contribution in [0.5, 0.6) is 0 Å². The van der Waals surface area contributed by atoms with Gasteiger partial charge in [-0.3, -0.25) is 9.59 Å². The summed E-state index contributed by atoms with van der Waals surface area (Å²) in [5.41, 5.74) is 0.943. The lowest BCUT2D eigenvalue weighted by Gasteiger charge is -2.30. The van der Waals surface area contributed by atoms with Gasteiger partial charge < -0.3 is 14.6 Å². The van der Waals surface area contributed by atoms with E-state index in [0.717, 1.165) is 11.3 Å². The molecule has 2 amide bonds. The van der Waals surface area contributed by atoms with Gasteiger partial charge in [-0.05, 0) is 49.2 Å². The molecule has 0 spiro atoms. The van der Waals surface area contributed by atoms with Crippen molar-refractivity contribution in [3.63, 3.8) is 0 Å². The van der Waals surface area contributed by atoms with Crippen molar-refractivity contribution >= 4 is 23.4 Å². The molecule has 1 N–H and O–H groups in total. The van der Waals surface area contributed by atoms with E-state index >= 15 is 0 Å². The third-order valence-electron chi connectivity index (χ3n) is 4.54. The zero-order valence-corrected chi connectivity index (χ0v) is 14.9. The molecule has 6 heteroatoms. The fourth-order valence-electron chi connectivity index (χ4n) is 3.02. The molecule has 1 fully saturated rings. The molecule has 132 valence electrons. The lowest BCUT2D eigenvalue weighted by Crippen LogP contribution is -2.42. The normalized spacial score (nSPS) is 15.2. The minimum Gasteiger partial charge on any atom is -0.459 e. The van der Waals surface area contributed by atoms with Gasteiger partial charge in [-0.25, -0.2) is 0 Å². The third-order valence-corrected chi connectivity index (χ3v) is 4.79.